The van der Waals surface area contributed by atoms with E-state index in [4.69, 9.17) is 9.73 Å². The fourth-order valence-corrected chi connectivity index (χ4v) is 2.93. The molecule has 156 valence electrons. The number of hydrogen-bond donors (Lipinski definition) is 2. The molecule has 0 spiro atoms. The van der Waals surface area contributed by atoms with E-state index in [0.717, 1.165) is 58.3 Å². The van der Waals surface area contributed by atoms with Gasteiger partial charge in [0.25, 0.3) is 0 Å². The molecule has 0 aromatic heterocycles. The zero-order valence-electron chi connectivity index (χ0n) is 17.3. The number of likely N-dealkylation sites (N-methyl/N-ethyl adjacent to an activating group) is 2. The van der Waals surface area contributed by atoms with Gasteiger partial charge in [0.15, 0.2) is 5.96 Å². The number of guanidine groups is 1. The average Bonchev–Trinajstić information content (AvgIpc) is 2.62. The van der Waals surface area contributed by atoms with Gasteiger partial charge in [-0.25, -0.2) is 0 Å². The summed E-state index contributed by atoms with van der Waals surface area (Å²) < 4.78 is 5.10. The zero-order valence-corrected chi connectivity index (χ0v) is 19.6. The predicted molar refractivity (Wildman–Crippen MR) is 122 cm³/mol. The number of hydrogen-bond acceptors (Lipinski definition) is 5. The molecule has 8 heteroatoms. The maximum absolute atomic E-state index is 5.10. The van der Waals surface area contributed by atoms with E-state index in [1.165, 1.54) is 32.7 Å². The third kappa shape index (κ3) is 12.3. The van der Waals surface area contributed by atoms with Crippen molar-refractivity contribution in [1.29, 1.82) is 0 Å². The first-order chi connectivity index (χ1) is 12.2. The fraction of sp³-hybridized carbons (Fsp3) is 0.944. The van der Waals surface area contributed by atoms with E-state index in [0.29, 0.717) is 0 Å². The van der Waals surface area contributed by atoms with Crippen LogP contribution < -0.4 is 10.6 Å². The summed E-state index contributed by atoms with van der Waals surface area (Å²) in [6.07, 6.45) is 1.08. The summed E-state index contributed by atoms with van der Waals surface area (Å²) in [7, 11) is 3.90. The highest BCUT2D eigenvalue weighted by Crippen LogP contribution is 2.00. The topological polar surface area (TPSA) is 55.4 Å². The van der Waals surface area contributed by atoms with Crippen molar-refractivity contribution in [1.82, 2.24) is 25.3 Å². The molecule has 0 unspecified atom stereocenters. The summed E-state index contributed by atoms with van der Waals surface area (Å²) in [6.45, 7) is 16.8. The highest BCUT2D eigenvalue weighted by molar-refractivity contribution is 14.0. The third-order valence-electron chi connectivity index (χ3n) is 4.62. The highest BCUT2D eigenvalue weighted by atomic mass is 127. The van der Waals surface area contributed by atoms with Gasteiger partial charge in [0.05, 0.1) is 6.54 Å². The molecule has 0 amide bonds. The molecule has 1 aliphatic heterocycles. The molecule has 1 rings (SSSR count). The first-order valence-corrected chi connectivity index (χ1v) is 9.84. The Hall–Kier alpha value is -0.160. The largest absolute Gasteiger partial charge is 0.385 e. The second-order valence-corrected chi connectivity index (χ2v) is 6.61. The van der Waals surface area contributed by atoms with Crippen LogP contribution in [0.25, 0.3) is 0 Å². The van der Waals surface area contributed by atoms with Crippen LogP contribution in [-0.4, -0.2) is 113 Å². The van der Waals surface area contributed by atoms with Crippen LogP contribution in [0.4, 0.5) is 0 Å². The fourth-order valence-electron chi connectivity index (χ4n) is 2.93. The first kappa shape index (κ1) is 25.8. The summed E-state index contributed by atoms with van der Waals surface area (Å²) in [4.78, 5) is 12.1. The van der Waals surface area contributed by atoms with E-state index in [2.05, 4.69) is 46.2 Å². The lowest BCUT2D eigenvalue weighted by atomic mass is 10.3. The molecule has 7 nitrogen and oxygen atoms in total. The monoisotopic (exact) mass is 484 g/mol. The van der Waals surface area contributed by atoms with E-state index >= 15 is 0 Å². The number of nitrogens with zero attached hydrogens (tertiary/aromatic N) is 4. The summed E-state index contributed by atoms with van der Waals surface area (Å²) >= 11 is 0. The van der Waals surface area contributed by atoms with Crippen molar-refractivity contribution < 1.29 is 4.74 Å². The summed E-state index contributed by atoms with van der Waals surface area (Å²) in [5.41, 5.74) is 0. The van der Waals surface area contributed by atoms with Crippen molar-refractivity contribution >= 4 is 29.9 Å². The summed E-state index contributed by atoms with van der Waals surface area (Å²) in [5, 5.41) is 6.77. The van der Waals surface area contributed by atoms with Crippen LogP contribution >= 0.6 is 24.0 Å². The Labute approximate surface area is 177 Å². The average molecular weight is 484 g/mol. The normalized spacial score (nSPS) is 16.6. The lowest BCUT2D eigenvalue weighted by Crippen LogP contribution is -2.47. The molecular formula is C18H41IN6O. The Balaban J connectivity index is 0.00000625. The van der Waals surface area contributed by atoms with E-state index in [1.54, 1.807) is 7.11 Å². The Morgan fingerprint density at radius 1 is 1.08 bits per heavy atom. The van der Waals surface area contributed by atoms with Crippen LogP contribution in [0.3, 0.4) is 0 Å². The quantitative estimate of drug-likeness (QED) is 0.185. The standard InChI is InChI=1S/C18H40N6O.HI/c1-5-19-18(20-8-11-22(3)10-7-17-25-4)21-9-12-24-15-13-23(6-2)14-16-24;/h5-17H2,1-4H3,(H2,19,20,21);1H. The van der Waals surface area contributed by atoms with Crippen molar-refractivity contribution in [2.24, 2.45) is 4.99 Å². The Morgan fingerprint density at radius 3 is 2.38 bits per heavy atom. The SMILES string of the molecule is CCNC(=NCCN1CCN(CC)CC1)NCCN(C)CCCOC.I. The number of ether oxygens (including phenoxy) is 1. The van der Waals surface area contributed by atoms with Gasteiger partial charge in [-0.3, -0.25) is 9.89 Å². The van der Waals surface area contributed by atoms with Gasteiger partial charge in [0.1, 0.15) is 0 Å². The van der Waals surface area contributed by atoms with Gasteiger partial charge in [0.2, 0.25) is 0 Å². The number of nitrogens with one attached hydrogen (secondary N) is 2. The molecule has 0 saturated carbocycles. The molecule has 0 bridgehead atoms. The van der Waals surface area contributed by atoms with Crippen LogP contribution in [0.5, 0.6) is 0 Å². The highest BCUT2D eigenvalue weighted by Gasteiger charge is 2.14. The molecule has 0 radical (unpaired) electrons. The molecule has 1 fully saturated rings. The Kier molecular flexibility index (Phi) is 16.9. The van der Waals surface area contributed by atoms with E-state index in [-0.39, 0.29) is 24.0 Å². The maximum atomic E-state index is 5.10. The first-order valence-electron chi connectivity index (χ1n) is 9.84. The lowest BCUT2D eigenvalue weighted by molar-refractivity contribution is 0.140. The third-order valence-corrected chi connectivity index (χ3v) is 4.62. The molecule has 0 aromatic rings. The van der Waals surface area contributed by atoms with Gasteiger partial charge in [-0.2, -0.15) is 0 Å². The summed E-state index contributed by atoms with van der Waals surface area (Å²) in [6, 6.07) is 0. The van der Waals surface area contributed by atoms with Crippen molar-refractivity contribution in [2.45, 2.75) is 20.3 Å². The number of piperazine rings is 1. The van der Waals surface area contributed by atoms with Gasteiger partial charge in [-0.1, -0.05) is 6.92 Å². The van der Waals surface area contributed by atoms with Crippen LogP contribution in [0, 0.1) is 0 Å². The number of rotatable bonds is 12. The van der Waals surface area contributed by atoms with E-state index in [1.807, 2.05) is 0 Å². The van der Waals surface area contributed by atoms with Crippen molar-refractivity contribution in [3.63, 3.8) is 0 Å². The zero-order chi connectivity index (χ0) is 18.3. The van der Waals surface area contributed by atoms with Crippen LogP contribution in [-0.2, 0) is 4.74 Å². The molecule has 0 aromatic carbocycles. The Bertz CT molecular complexity index is 351. The van der Waals surface area contributed by atoms with Crippen molar-refractivity contribution in [2.75, 3.05) is 92.8 Å². The van der Waals surface area contributed by atoms with E-state index < -0.39 is 0 Å². The number of aliphatic imine (C=N–C) groups is 1. The van der Waals surface area contributed by atoms with Gasteiger partial charge in [0, 0.05) is 72.6 Å². The molecule has 1 aliphatic rings. The van der Waals surface area contributed by atoms with Crippen LogP contribution in [0.2, 0.25) is 0 Å². The van der Waals surface area contributed by atoms with Gasteiger partial charge >= 0.3 is 0 Å². The number of methoxy groups -OCH3 is 1. The molecule has 0 atom stereocenters. The Morgan fingerprint density at radius 2 is 1.77 bits per heavy atom. The minimum Gasteiger partial charge on any atom is -0.385 e. The van der Waals surface area contributed by atoms with Gasteiger partial charge in [-0.05, 0) is 26.9 Å². The maximum Gasteiger partial charge on any atom is 0.191 e. The molecular weight excluding hydrogens is 443 g/mol. The predicted octanol–water partition coefficient (Wildman–Crippen LogP) is 0.765. The van der Waals surface area contributed by atoms with Crippen molar-refractivity contribution in [3.05, 3.63) is 0 Å². The minimum atomic E-state index is 0. The molecule has 1 heterocycles. The smallest absolute Gasteiger partial charge is 0.191 e. The minimum absolute atomic E-state index is 0. The molecule has 2 N–H and O–H groups in total. The second kappa shape index (κ2) is 17.0. The van der Waals surface area contributed by atoms with E-state index in [9.17, 15) is 0 Å². The van der Waals surface area contributed by atoms with Crippen molar-refractivity contribution in [3.8, 4) is 0 Å². The van der Waals surface area contributed by atoms with Gasteiger partial charge in [-0.15, -0.1) is 24.0 Å². The molecule has 0 aliphatic carbocycles. The molecule has 26 heavy (non-hydrogen) atoms. The summed E-state index contributed by atoms with van der Waals surface area (Å²) in [5.74, 6) is 0.931. The molecule has 1 saturated heterocycles. The van der Waals surface area contributed by atoms with Crippen LogP contribution in [0.1, 0.15) is 20.3 Å². The van der Waals surface area contributed by atoms with Gasteiger partial charge < -0.3 is 25.2 Å². The van der Waals surface area contributed by atoms with Crippen LogP contribution in [0.15, 0.2) is 4.99 Å². The lowest BCUT2D eigenvalue weighted by Gasteiger charge is -2.33. The second-order valence-electron chi connectivity index (χ2n) is 6.61. The number of halogens is 1.